The zero-order valence-corrected chi connectivity index (χ0v) is 10.2. The summed E-state index contributed by atoms with van der Waals surface area (Å²) >= 11 is 0. The van der Waals surface area contributed by atoms with Gasteiger partial charge in [0, 0.05) is 18.6 Å². The predicted octanol–water partition coefficient (Wildman–Crippen LogP) is 1.17. The van der Waals surface area contributed by atoms with Crippen molar-refractivity contribution in [3.8, 4) is 11.5 Å². The second-order valence-electron chi connectivity index (χ2n) is 3.75. The second-order valence-corrected chi connectivity index (χ2v) is 3.75. The monoisotopic (exact) mass is 248 g/mol. The lowest BCUT2D eigenvalue weighted by Gasteiger charge is -2.12. The molecule has 1 heterocycles. The molecule has 0 aliphatic carbocycles. The summed E-state index contributed by atoms with van der Waals surface area (Å²) in [5.74, 6) is 0.154. The molecule has 0 unspecified atom stereocenters. The zero-order chi connectivity index (χ0) is 13.3. The third-order valence-electron chi connectivity index (χ3n) is 2.55. The highest BCUT2D eigenvalue weighted by Crippen LogP contribution is 2.34. The van der Waals surface area contributed by atoms with E-state index in [0.29, 0.717) is 22.2 Å². The maximum atomic E-state index is 11.7. The zero-order valence-electron chi connectivity index (χ0n) is 10.2. The number of hydrogen-bond acceptors (Lipinski definition) is 5. The van der Waals surface area contributed by atoms with Crippen LogP contribution in [0.4, 0.5) is 0 Å². The maximum Gasteiger partial charge on any atom is 0.308 e. The van der Waals surface area contributed by atoms with E-state index in [1.54, 1.807) is 6.92 Å². The van der Waals surface area contributed by atoms with E-state index in [1.165, 1.54) is 26.4 Å². The van der Waals surface area contributed by atoms with Crippen LogP contribution in [0.5, 0.6) is 11.5 Å². The van der Waals surface area contributed by atoms with Gasteiger partial charge in [-0.2, -0.15) is 0 Å². The molecule has 1 aromatic heterocycles. The smallest absolute Gasteiger partial charge is 0.308 e. The van der Waals surface area contributed by atoms with Crippen LogP contribution in [0, 0.1) is 6.92 Å². The molecular weight excluding hydrogens is 236 g/mol. The number of H-pyrrole nitrogens is 1. The minimum Gasteiger partial charge on any atom is -0.493 e. The van der Waals surface area contributed by atoms with Crippen molar-refractivity contribution < 1.29 is 14.3 Å². The van der Waals surface area contributed by atoms with Crippen molar-refractivity contribution in [2.45, 2.75) is 13.8 Å². The first-order valence-electron chi connectivity index (χ1n) is 5.28. The number of methoxy groups -OCH3 is 1. The number of benzene rings is 1. The summed E-state index contributed by atoms with van der Waals surface area (Å²) < 4.78 is 10.2. The number of fused-ring (bicyclic) bond motifs is 1. The summed E-state index contributed by atoms with van der Waals surface area (Å²) in [4.78, 5) is 29.3. The fourth-order valence-corrected chi connectivity index (χ4v) is 1.86. The molecule has 0 fully saturated rings. The quantitative estimate of drug-likeness (QED) is 0.637. The molecular formula is C12H12N2O4. The minimum atomic E-state index is -0.461. The van der Waals surface area contributed by atoms with Crippen LogP contribution in [-0.4, -0.2) is 23.0 Å². The highest BCUT2D eigenvalue weighted by Gasteiger charge is 2.16. The molecule has 2 rings (SSSR count). The molecule has 0 saturated heterocycles. The number of esters is 1. The summed E-state index contributed by atoms with van der Waals surface area (Å²) in [5, 5.41) is 0.422. The number of aryl methyl sites for hydroxylation is 1. The van der Waals surface area contributed by atoms with Crippen molar-refractivity contribution in [2.75, 3.05) is 7.11 Å². The summed E-state index contributed by atoms with van der Waals surface area (Å²) in [7, 11) is 1.45. The number of aromatic nitrogens is 2. The number of ether oxygens (including phenoxy) is 2. The molecule has 18 heavy (non-hydrogen) atoms. The van der Waals surface area contributed by atoms with Crippen molar-refractivity contribution in [3.63, 3.8) is 0 Å². The molecule has 1 N–H and O–H groups in total. The molecule has 0 spiro atoms. The minimum absolute atomic E-state index is 0.258. The normalized spacial score (nSPS) is 10.4. The number of aromatic amines is 1. The van der Waals surface area contributed by atoms with E-state index in [2.05, 4.69) is 9.97 Å². The molecule has 94 valence electrons. The number of nitrogens with one attached hydrogen (secondary N) is 1. The maximum absolute atomic E-state index is 11.7. The molecule has 0 aliphatic heterocycles. The van der Waals surface area contributed by atoms with Crippen molar-refractivity contribution in [1.82, 2.24) is 9.97 Å². The van der Waals surface area contributed by atoms with E-state index < -0.39 is 5.97 Å². The van der Waals surface area contributed by atoms with Crippen LogP contribution >= 0.6 is 0 Å². The standard InChI is InChI=1S/C12H12N2O4/c1-6-10-8(13-5-14-12(10)16)4-9(11(6)17-3)18-7(2)15/h4-5H,1-3H3,(H,13,14,16). The highest BCUT2D eigenvalue weighted by molar-refractivity contribution is 5.87. The Balaban J connectivity index is 2.81. The Labute approximate surface area is 103 Å². The van der Waals surface area contributed by atoms with Gasteiger partial charge >= 0.3 is 5.97 Å². The average molecular weight is 248 g/mol. The van der Waals surface area contributed by atoms with Gasteiger partial charge in [-0.15, -0.1) is 0 Å². The van der Waals surface area contributed by atoms with Gasteiger partial charge in [-0.3, -0.25) is 9.59 Å². The molecule has 0 atom stereocenters. The Hall–Kier alpha value is -2.37. The lowest BCUT2D eigenvalue weighted by atomic mass is 10.1. The van der Waals surface area contributed by atoms with Gasteiger partial charge in [0.25, 0.3) is 5.56 Å². The van der Waals surface area contributed by atoms with E-state index in [9.17, 15) is 9.59 Å². The molecule has 0 bridgehead atoms. The van der Waals surface area contributed by atoms with E-state index in [0.717, 1.165) is 0 Å². The number of nitrogens with zero attached hydrogens (tertiary/aromatic N) is 1. The Kier molecular flexibility index (Phi) is 3.01. The number of carbonyl (C=O) groups excluding carboxylic acids is 1. The van der Waals surface area contributed by atoms with Crippen LogP contribution in [-0.2, 0) is 4.79 Å². The average Bonchev–Trinajstić information content (AvgIpc) is 2.28. The van der Waals surface area contributed by atoms with Crippen LogP contribution in [0.1, 0.15) is 12.5 Å². The van der Waals surface area contributed by atoms with Gasteiger partial charge < -0.3 is 14.5 Å². The van der Waals surface area contributed by atoms with Gasteiger partial charge in [0.1, 0.15) is 0 Å². The van der Waals surface area contributed by atoms with E-state index in [-0.39, 0.29) is 11.3 Å². The summed E-state index contributed by atoms with van der Waals surface area (Å²) in [6, 6.07) is 1.51. The van der Waals surface area contributed by atoms with Gasteiger partial charge in [-0.1, -0.05) is 0 Å². The Morgan fingerprint density at radius 1 is 1.44 bits per heavy atom. The first kappa shape index (κ1) is 12.1. The number of carbonyl (C=O) groups is 1. The third kappa shape index (κ3) is 1.92. The van der Waals surface area contributed by atoms with E-state index in [1.807, 2.05) is 0 Å². The SMILES string of the molecule is COc1c(OC(C)=O)cc2nc[nH]c(=O)c2c1C. The van der Waals surface area contributed by atoms with E-state index >= 15 is 0 Å². The predicted molar refractivity (Wildman–Crippen MR) is 65.0 cm³/mol. The fraction of sp³-hybridized carbons (Fsp3) is 0.250. The number of hydrogen-bond donors (Lipinski definition) is 1. The molecule has 1 aromatic carbocycles. The van der Waals surface area contributed by atoms with Crippen LogP contribution in [0.15, 0.2) is 17.2 Å². The first-order valence-corrected chi connectivity index (χ1v) is 5.28. The second kappa shape index (κ2) is 4.48. The molecule has 0 saturated carbocycles. The van der Waals surface area contributed by atoms with Crippen LogP contribution < -0.4 is 15.0 Å². The third-order valence-corrected chi connectivity index (χ3v) is 2.55. The first-order chi connectivity index (χ1) is 8.54. The Morgan fingerprint density at radius 3 is 2.78 bits per heavy atom. The van der Waals surface area contributed by atoms with Gasteiger partial charge in [-0.05, 0) is 6.92 Å². The molecule has 0 aliphatic rings. The number of rotatable bonds is 2. The van der Waals surface area contributed by atoms with Gasteiger partial charge in [0.05, 0.1) is 24.3 Å². The van der Waals surface area contributed by atoms with Gasteiger partial charge in [0.2, 0.25) is 0 Å². The molecule has 6 heteroatoms. The van der Waals surface area contributed by atoms with Crippen molar-refractivity contribution in [1.29, 1.82) is 0 Å². The Morgan fingerprint density at radius 2 is 2.17 bits per heavy atom. The highest BCUT2D eigenvalue weighted by atomic mass is 16.6. The topological polar surface area (TPSA) is 81.3 Å². The van der Waals surface area contributed by atoms with Crippen molar-refractivity contribution in [3.05, 3.63) is 28.3 Å². The van der Waals surface area contributed by atoms with E-state index in [4.69, 9.17) is 9.47 Å². The van der Waals surface area contributed by atoms with Gasteiger partial charge in [-0.25, -0.2) is 4.98 Å². The van der Waals surface area contributed by atoms with Crippen LogP contribution in [0.25, 0.3) is 10.9 Å². The lowest BCUT2D eigenvalue weighted by Crippen LogP contribution is -2.10. The molecule has 0 amide bonds. The van der Waals surface area contributed by atoms with Crippen molar-refractivity contribution >= 4 is 16.9 Å². The molecule has 6 nitrogen and oxygen atoms in total. The fourth-order valence-electron chi connectivity index (χ4n) is 1.86. The van der Waals surface area contributed by atoms with Crippen LogP contribution in [0.2, 0.25) is 0 Å². The summed E-state index contributed by atoms with van der Waals surface area (Å²) in [6.07, 6.45) is 1.30. The van der Waals surface area contributed by atoms with Gasteiger partial charge in [0.15, 0.2) is 11.5 Å². The molecule has 0 radical (unpaired) electrons. The Bertz CT molecular complexity index is 676. The largest absolute Gasteiger partial charge is 0.493 e. The molecule has 2 aromatic rings. The summed E-state index contributed by atoms with van der Waals surface area (Å²) in [6.45, 7) is 3.01. The van der Waals surface area contributed by atoms with Crippen molar-refractivity contribution in [2.24, 2.45) is 0 Å². The lowest BCUT2D eigenvalue weighted by molar-refractivity contribution is -0.131. The summed E-state index contributed by atoms with van der Waals surface area (Å²) in [5.41, 5.74) is 0.777. The van der Waals surface area contributed by atoms with Crippen LogP contribution in [0.3, 0.4) is 0 Å².